The van der Waals surface area contributed by atoms with Crippen molar-refractivity contribution in [3.05, 3.63) is 0 Å². The van der Waals surface area contributed by atoms with E-state index in [9.17, 15) is 93.0 Å². The first-order valence-electron chi connectivity index (χ1n) is 19.4. The van der Waals surface area contributed by atoms with Gasteiger partial charge in [-0.15, -0.1) is 0 Å². The Balaban J connectivity index is 6.10. The Bertz CT molecular complexity index is 1820. The largest absolute Gasteiger partial charge is 0.481 e. The highest BCUT2D eigenvalue weighted by Crippen LogP contribution is 2.07. The summed E-state index contributed by atoms with van der Waals surface area (Å²) in [6.07, 6.45) is -8.44. The van der Waals surface area contributed by atoms with Gasteiger partial charge in [0.05, 0.1) is 37.7 Å². The van der Waals surface area contributed by atoms with E-state index in [1.165, 1.54) is 0 Å². The van der Waals surface area contributed by atoms with Crippen molar-refractivity contribution in [3.8, 4) is 0 Å². The zero-order valence-corrected chi connectivity index (χ0v) is 36.3. The number of amides is 8. The fourth-order valence-corrected chi connectivity index (χ4v) is 5.43. The molecule has 0 saturated carbocycles. The van der Waals surface area contributed by atoms with Crippen LogP contribution >= 0.6 is 12.6 Å². The lowest BCUT2D eigenvalue weighted by atomic mass is 10.1. The molecule has 0 rings (SSSR count). The Morgan fingerprint density at radius 2 is 0.818 bits per heavy atom. The molecule has 0 unspecified atom stereocenters. The van der Waals surface area contributed by atoms with Crippen molar-refractivity contribution >= 4 is 89.7 Å². The number of hydrogen-bond donors (Lipinski definition) is 18. The highest BCUT2D eigenvalue weighted by Gasteiger charge is 2.36. The molecule has 0 aliphatic heterocycles. The highest BCUT2D eigenvalue weighted by atomic mass is 32.1. The lowest BCUT2D eigenvalue weighted by Crippen LogP contribution is -2.62. The molecular weight excluding hydrogens is 914 g/mol. The maximum absolute atomic E-state index is 13.3. The molecular formula is C35H55N9O21S. The molecule has 30 nitrogen and oxygen atoms in total. The van der Waals surface area contributed by atoms with Gasteiger partial charge < -0.3 is 89.1 Å². The number of carbonyl (C=O) groups excluding carboxylic acids is 8. The zero-order chi connectivity index (χ0) is 51.2. The van der Waals surface area contributed by atoms with Gasteiger partial charge >= 0.3 is 29.8 Å². The molecule has 0 radical (unpaired) electrons. The average molecular weight is 970 g/mol. The Labute approximate surface area is 378 Å². The number of nitrogens with two attached hydrogens (primary N) is 1. The first-order chi connectivity index (χ1) is 30.6. The third-order valence-corrected chi connectivity index (χ3v) is 9.16. The van der Waals surface area contributed by atoms with Crippen molar-refractivity contribution in [2.45, 2.75) is 126 Å². The molecule has 372 valence electrons. The molecule has 0 aliphatic carbocycles. The van der Waals surface area contributed by atoms with E-state index in [0.717, 1.165) is 20.8 Å². The Morgan fingerprint density at radius 1 is 0.455 bits per heavy atom. The number of carboxylic acids is 5. The standard InChI is InChI=1S/C35H55N9O21S/c1-12(27(56)43-25(13(2)46)33(62)39-17(5-7-22(50)51)30(59)44-26(14(3)47)34(63)42-20(11-66)35(64)65)37-32(61)19(10-45)41-31(60)18(9-24(54)55)40-29(58)16(4-6-21(48)49)38-28(57)15(36)8-23(52)53/h12-20,25-26,45-47,66H,4-11,36H2,1-3H3,(H,37,61)(H,38,57)(H,39,62)(H,40,58)(H,41,60)(H,42,63)(H,43,56)(H,44,59)(H,48,49)(H,50,51)(H,52,53)(H,54,55)(H,64,65)/t12-,13+,14+,15-,16-,17-,18-,19-,20-,25-,26-/m0/s1. The molecule has 0 heterocycles. The van der Waals surface area contributed by atoms with E-state index in [0.29, 0.717) is 0 Å². The lowest BCUT2D eigenvalue weighted by Gasteiger charge is -2.28. The molecule has 0 aromatic heterocycles. The van der Waals surface area contributed by atoms with Crippen molar-refractivity contribution in [2.75, 3.05) is 12.4 Å². The van der Waals surface area contributed by atoms with Gasteiger partial charge in [0.25, 0.3) is 0 Å². The Hall–Kier alpha value is -6.70. The second kappa shape index (κ2) is 29.0. The van der Waals surface area contributed by atoms with Gasteiger partial charge in [0, 0.05) is 18.6 Å². The maximum atomic E-state index is 13.3. The van der Waals surface area contributed by atoms with Gasteiger partial charge in [0.2, 0.25) is 47.3 Å². The monoisotopic (exact) mass is 969 g/mol. The minimum Gasteiger partial charge on any atom is -0.481 e. The van der Waals surface area contributed by atoms with Crippen molar-refractivity contribution < 1.29 is 103 Å². The molecule has 0 spiro atoms. The van der Waals surface area contributed by atoms with Gasteiger partial charge in [-0.05, 0) is 33.6 Å². The van der Waals surface area contributed by atoms with E-state index in [1.807, 2.05) is 21.3 Å². The maximum Gasteiger partial charge on any atom is 0.327 e. The summed E-state index contributed by atoms with van der Waals surface area (Å²) in [5.74, 6) is -18.4. The number of nitrogens with one attached hydrogen (secondary N) is 8. The summed E-state index contributed by atoms with van der Waals surface area (Å²) in [7, 11) is 0. The van der Waals surface area contributed by atoms with Crippen LogP contribution < -0.4 is 48.3 Å². The summed E-state index contributed by atoms with van der Waals surface area (Å²) in [6.45, 7) is 1.81. The van der Waals surface area contributed by atoms with Crippen LogP contribution in [-0.2, 0) is 62.3 Å². The molecule has 0 aromatic carbocycles. The van der Waals surface area contributed by atoms with Crippen LogP contribution in [0.3, 0.4) is 0 Å². The quantitative estimate of drug-likeness (QED) is 0.0287. The average Bonchev–Trinajstić information content (AvgIpc) is 3.20. The van der Waals surface area contributed by atoms with Gasteiger partial charge in [0.15, 0.2) is 0 Å². The van der Waals surface area contributed by atoms with E-state index in [1.54, 1.807) is 0 Å². The van der Waals surface area contributed by atoms with Crippen molar-refractivity contribution in [1.29, 1.82) is 0 Å². The van der Waals surface area contributed by atoms with E-state index in [2.05, 4.69) is 33.9 Å². The van der Waals surface area contributed by atoms with Crippen molar-refractivity contribution in [1.82, 2.24) is 42.5 Å². The van der Waals surface area contributed by atoms with Gasteiger partial charge in [-0.3, -0.25) is 57.5 Å². The van der Waals surface area contributed by atoms with Crippen molar-refractivity contribution in [2.24, 2.45) is 5.73 Å². The predicted molar refractivity (Wildman–Crippen MR) is 219 cm³/mol. The number of rotatable bonds is 31. The molecule has 11 atom stereocenters. The van der Waals surface area contributed by atoms with Gasteiger partial charge in [-0.2, -0.15) is 12.6 Å². The number of carbonyl (C=O) groups is 13. The van der Waals surface area contributed by atoms with Gasteiger partial charge in [-0.1, -0.05) is 0 Å². The minimum absolute atomic E-state index is 0.398. The fraction of sp³-hybridized carbons (Fsp3) is 0.629. The smallest absolute Gasteiger partial charge is 0.327 e. The summed E-state index contributed by atoms with van der Waals surface area (Å²) in [5, 5.41) is 92.4. The lowest BCUT2D eigenvalue weighted by molar-refractivity contribution is -0.143. The van der Waals surface area contributed by atoms with Gasteiger partial charge in [0.1, 0.15) is 48.3 Å². The Kier molecular flexibility index (Phi) is 26.0. The molecule has 0 fully saturated rings. The van der Waals surface area contributed by atoms with E-state index < -0.39 is 195 Å². The number of carboxylic acid groups (broad SMARTS) is 5. The van der Waals surface area contributed by atoms with E-state index in [-0.39, 0.29) is 0 Å². The molecule has 0 aliphatic rings. The van der Waals surface area contributed by atoms with Crippen LogP contribution in [-0.4, -0.2) is 197 Å². The summed E-state index contributed by atoms with van der Waals surface area (Å²) in [5.41, 5.74) is 5.47. The Morgan fingerprint density at radius 3 is 1.21 bits per heavy atom. The minimum atomic E-state index is -2.08. The topological polar surface area (TPSA) is 506 Å². The van der Waals surface area contributed by atoms with Crippen molar-refractivity contribution in [3.63, 3.8) is 0 Å². The predicted octanol–water partition coefficient (Wildman–Crippen LogP) is -8.34. The fourth-order valence-electron chi connectivity index (χ4n) is 5.19. The second-order valence-corrected chi connectivity index (χ2v) is 14.7. The first-order valence-corrected chi connectivity index (χ1v) is 20.1. The SMILES string of the molecule is C[C@H](NC(=O)[C@H](CO)NC(=O)[C@H](CC(=O)O)NC(=O)[C@H](CCC(=O)O)NC(=O)[C@@H](N)CC(=O)O)C(=O)N[C@H](C(=O)N[C@@H](CCC(=O)O)C(=O)N[C@H](C(=O)N[C@@H](CS)C(=O)O)[C@@H](C)O)[C@@H](C)O. The van der Waals surface area contributed by atoms with Crippen LogP contribution in [0.25, 0.3) is 0 Å². The summed E-state index contributed by atoms with van der Waals surface area (Å²) in [4.78, 5) is 160. The summed E-state index contributed by atoms with van der Waals surface area (Å²) in [6, 6.07) is -16.5. The second-order valence-electron chi connectivity index (χ2n) is 14.4. The van der Waals surface area contributed by atoms with Crippen LogP contribution in [0.15, 0.2) is 0 Å². The summed E-state index contributed by atoms with van der Waals surface area (Å²) < 4.78 is 0. The third kappa shape index (κ3) is 21.8. The van der Waals surface area contributed by atoms with Crippen LogP contribution in [0.4, 0.5) is 0 Å². The number of aliphatic hydroxyl groups is 3. The van der Waals surface area contributed by atoms with Crippen LogP contribution in [0.5, 0.6) is 0 Å². The molecule has 0 bridgehead atoms. The van der Waals surface area contributed by atoms with Crippen LogP contribution in [0, 0.1) is 0 Å². The molecule has 18 N–H and O–H groups in total. The molecule has 8 amide bonds. The van der Waals surface area contributed by atoms with Crippen LogP contribution in [0.1, 0.15) is 59.3 Å². The number of aliphatic carboxylic acids is 5. The number of hydrogen-bond acceptors (Lipinski definition) is 18. The number of aliphatic hydroxyl groups excluding tert-OH is 3. The molecule has 31 heteroatoms. The first kappa shape index (κ1) is 59.3. The van der Waals surface area contributed by atoms with E-state index in [4.69, 9.17) is 15.9 Å². The molecule has 0 aromatic rings. The van der Waals surface area contributed by atoms with E-state index >= 15 is 0 Å². The zero-order valence-electron chi connectivity index (χ0n) is 35.4. The van der Waals surface area contributed by atoms with Gasteiger partial charge in [-0.25, -0.2) is 4.79 Å². The highest BCUT2D eigenvalue weighted by molar-refractivity contribution is 7.80. The number of thiol groups is 1. The van der Waals surface area contributed by atoms with Crippen LogP contribution in [0.2, 0.25) is 0 Å². The third-order valence-electron chi connectivity index (χ3n) is 8.79. The summed E-state index contributed by atoms with van der Waals surface area (Å²) >= 11 is 3.80. The molecule has 0 saturated heterocycles. The molecule has 66 heavy (non-hydrogen) atoms. The normalized spacial score (nSPS) is 15.9.